The average Bonchev–Trinajstić information content (AvgIpc) is 2.18. The third-order valence-corrected chi connectivity index (χ3v) is 2.22. The first-order valence-corrected chi connectivity index (χ1v) is 4.86. The largest absolute Gasteiger partial charge is 0.395 e. The Bertz CT molecular complexity index is 289. The van der Waals surface area contributed by atoms with Gasteiger partial charge in [0.1, 0.15) is 5.82 Å². The zero-order chi connectivity index (χ0) is 11.3. The minimum atomic E-state index is -0.651. The zero-order valence-corrected chi connectivity index (χ0v) is 8.73. The van der Waals surface area contributed by atoms with Crippen molar-refractivity contribution in [3.05, 3.63) is 35.6 Å². The first-order chi connectivity index (χ1) is 7.13. The van der Waals surface area contributed by atoms with Crippen LogP contribution < -0.4 is 0 Å². The van der Waals surface area contributed by atoms with Crippen LogP contribution in [0.25, 0.3) is 0 Å². The Morgan fingerprint density at radius 2 is 1.93 bits per heavy atom. The van der Waals surface area contributed by atoms with Gasteiger partial charge in [0.2, 0.25) is 0 Å². The first kappa shape index (κ1) is 12.1. The molecular formula is C11H16FNO2. The predicted molar refractivity (Wildman–Crippen MR) is 55.9 cm³/mol. The van der Waals surface area contributed by atoms with Gasteiger partial charge in [-0.1, -0.05) is 12.1 Å². The van der Waals surface area contributed by atoms with E-state index in [-0.39, 0.29) is 12.4 Å². The van der Waals surface area contributed by atoms with Gasteiger partial charge in [0.25, 0.3) is 0 Å². The molecule has 0 heterocycles. The molecule has 0 amide bonds. The summed E-state index contributed by atoms with van der Waals surface area (Å²) >= 11 is 0. The molecule has 0 spiro atoms. The highest BCUT2D eigenvalue weighted by Crippen LogP contribution is 2.13. The fraction of sp³-hybridized carbons (Fsp3) is 0.455. The molecule has 1 rings (SSSR count). The second-order valence-electron chi connectivity index (χ2n) is 3.55. The molecule has 3 nitrogen and oxygen atoms in total. The van der Waals surface area contributed by atoms with Gasteiger partial charge in [0.15, 0.2) is 0 Å². The van der Waals surface area contributed by atoms with Gasteiger partial charge in [-0.2, -0.15) is 0 Å². The SMILES string of the molecule is CN(CCO)CC(O)c1ccc(F)cc1. The second-order valence-corrected chi connectivity index (χ2v) is 3.55. The summed E-state index contributed by atoms with van der Waals surface area (Å²) < 4.78 is 12.6. The van der Waals surface area contributed by atoms with Gasteiger partial charge in [-0.05, 0) is 24.7 Å². The molecule has 1 aromatic carbocycles. The monoisotopic (exact) mass is 213 g/mol. The number of aliphatic hydroxyl groups is 2. The molecule has 0 fully saturated rings. The molecule has 0 radical (unpaired) electrons. The minimum absolute atomic E-state index is 0.0621. The van der Waals surface area contributed by atoms with Crippen LogP contribution >= 0.6 is 0 Å². The van der Waals surface area contributed by atoms with Crippen LogP contribution in [0.2, 0.25) is 0 Å². The Morgan fingerprint density at radius 1 is 1.33 bits per heavy atom. The van der Waals surface area contributed by atoms with Gasteiger partial charge >= 0.3 is 0 Å². The fourth-order valence-corrected chi connectivity index (χ4v) is 1.35. The van der Waals surface area contributed by atoms with Crippen LogP contribution in [-0.2, 0) is 0 Å². The summed E-state index contributed by atoms with van der Waals surface area (Å²) in [5, 5.41) is 18.4. The number of halogens is 1. The lowest BCUT2D eigenvalue weighted by Gasteiger charge is -2.19. The predicted octanol–water partition coefficient (Wildman–Crippen LogP) is 0.783. The molecule has 2 N–H and O–H groups in total. The minimum Gasteiger partial charge on any atom is -0.395 e. The molecule has 84 valence electrons. The Balaban J connectivity index is 2.53. The lowest BCUT2D eigenvalue weighted by molar-refractivity contribution is 0.115. The Hall–Kier alpha value is -0.970. The van der Waals surface area contributed by atoms with Crippen LogP contribution in [0.4, 0.5) is 4.39 Å². The molecule has 1 unspecified atom stereocenters. The van der Waals surface area contributed by atoms with Crippen molar-refractivity contribution >= 4 is 0 Å². The molecule has 0 saturated heterocycles. The maximum atomic E-state index is 12.6. The lowest BCUT2D eigenvalue weighted by Crippen LogP contribution is -2.27. The van der Waals surface area contributed by atoms with E-state index in [4.69, 9.17) is 5.11 Å². The summed E-state index contributed by atoms with van der Waals surface area (Å²) in [5.41, 5.74) is 0.682. The van der Waals surface area contributed by atoms with Crippen molar-refractivity contribution in [2.75, 3.05) is 26.7 Å². The van der Waals surface area contributed by atoms with E-state index >= 15 is 0 Å². The van der Waals surface area contributed by atoms with Crippen molar-refractivity contribution in [1.82, 2.24) is 4.90 Å². The molecule has 0 bridgehead atoms. The summed E-state index contributed by atoms with van der Waals surface area (Å²) in [6.45, 7) is 0.997. The maximum Gasteiger partial charge on any atom is 0.123 e. The van der Waals surface area contributed by atoms with Crippen molar-refractivity contribution in [1.29, 1.82) is 0 Å². The smallest absolute Gasteiger partial charge is 0.123 e. The molecule has 0 saturated carbocycles. The number of nitrogens with zero attached hydrogens (tertiary/aromatic N) is 1. The maximum absolute atomic E-state index is 12.6. The molecule has 1 aromatic rings. The fourth-order valence-electron chi connectivity index (χ4n) is 1.35. The highest BCUT2D eigenvalue weighted by Gasteiger charge is 2.10. The van der Waals surface area contributed by atoms with Gasteiger partial charge in [0.05, 0.1) is 12.7 Å². The van der Waals surface area contributed by atoms with Crippen LogP contribution in [0.15, 0.2) is 24.3 Å². The zero-order valence-electron chi connectivity index (χ0n) is 8.73. The number of rotatable bonds is 5. The Kier molecular flexibility index (Phi) is 4.68. The van der Waals surface area contributed by atoms with Crippen LogP contribution in [0.1, 0.15) is 11.7 Å². The Morgan fingerprint density at radius 3 is 2.47 bits per heavy atom. The number of hydrogen-bond acceptors (Lipinski definition) is 3. The van der Waals surface area contributed by atoms with Crippen molar-refractivity contribution in [3.8, 4) is 0 Å². The van der Waals surface area contributed by atoms with Gasteiger partial charge in [-0.15, -0.1) is 0 Å². The highest BCUT2D eigenvalue weighted by molar-refractivity contribution is 5.18. The average molecular weight is 213 g/mol. The molecule has 1 atom stereocenters. The van der Waals surface area contributed by atoms with Crippen molar-refractivity contribution < 1.29 is 14.6 Å². The first-order valence-electron chi connectivity index (χ1n) is 4.86. The van der Waals surface area contributed by atoms with E-state index in [1.807, 2.05) is 11.9 Å². The summed E-state index contributed by atoms with van der Waals surface area (Å²) in [6, 6.07) is 5.77. The van der Waals surface area contributed by atoms with Crippen LogP contribution in [0.3, 0.4) is 0 Å². The van der Waals surface area contributed by atoms with Crippen LogP contribution in [0.5, 0.6) is 0 Å². The van der Waals surface area contributed by atoms with Crippen LogP contribution in [0, 0.1) is 5.82 Å². The van der Waals surface area contributed by atoms with E-state index in [9.17, 15) is 9.50 Å². The molecule has 0 aliphatic heterocycles. The molecule has 15 heavy (non-hydrogen) atoms. The third-order valence-electron chi connectivity index (χ3n) is 2.22. The molecule has 0 aliphatic carbocycles. The van der Waals surface area contributed by atoms with Crippen molar-refractivity contribution in [3.63, 3.8) is 0 Å². The van der Waals surface area contributed by atoms with E-state index in [1.165, 1.54) is 12.1 Å². The van der Waals surface area contributed by atoms with Gasteiger partial charge in [0, 0.05) is 13.1 Å². The topological polar surface area (TPSA) is 43.7 Å². The van der Waals surface area contributed by atoms with Crippen molar-refractivity contribution in [2.45, 2.75) is 6.10 Å². The molecule has 0 aromatic heterocycles. The summed E-state index contributed by atoms with van der Waals surface area (Å²) in [4.78, 5) is 1.81. The van der Waals surface area contributed by atoms with E-state index in [0.717, 1.165) is 0 Å². The van der Waals surface area contributed by atoms with Gasteiger partial charge in [-0.25, -0.2) is 4.39 Å². The second kappa shape index (κ2) is 5.80. The standard InChI is InChI=1S/C11H16FNO2/c1-13(6-7-14)8-11(15)9-2-4-10(12)5-3-9/h2-5,11,14-15H,6-8H2,1H3. The van der Waals surface area contributed by atoms with E-state index in [2.05, 4.69) is 0 Å². The molecule has 0 aliphatic rings. The Labute approximate surface area is 88.8 Å². The third kappa shape index (κ3) is 3.95. The number of aliphatic hydroxyl groups excluding tert-OH is 2. The van der Waals surface area contributed by atoms with Crippen LogP contribution in [-0.4, -0.2) is 41.9 Å². The molecule has 4 heteroatoms. The van der Waals surface area contributed by atoms with Gasteiger partial charge in [-0.3, -0.25) is 0 Å². The molecular weight excluding hydrogens is 197 g/mol. The van der Waals surface area contributed by atoms with Crippen molar-refractivity contribution in [2.24, 2.45) is 0 Å². The number of benzene rings is 1. The summed E-state index contributed by atoms with van der Waals surface area (Å²) in [5.74, 6) is -0.310. The van der Waals surface area contributed by atoms with E-state index in [1.54, 1.807) is 12.1 Å². The highest BCUT2D eigenvalue weighted by atomic mass is 19.1. The number of hydrogen-bond donors (Lipinski definition) is 2. The lowest BCUT2D eigenvalue weighted by atomic mass is 10.1. The van der Waals surface area contributed by atoms with E-state index in [0.29, 0.717) is 18.7 Å². The summed E-state index contributed by atoms with van der Waals surface area (Å²) in [6.07, 6.45) is -0.651. The van der Waals surface area contributed by atoms with E-state index < -0.39 is 6.10 Å². The normalized spacial score (nSPS) is 13.1. The summed E-state index contributed by atoms with van der Waals surface area (Å²) in [7, 11) is 1.81. The quantitative estimate of drug-likeness (QED) is 0.759. The number of likely N-dealkylation sites (N-methyl/N-ethyl adjacent to an activating group) is 1. The van der Waals surface area contributed by atoms with Gasteiger partial charge < -0.3 is 15.1 Å².